The van der Waals surface area contributed by atoms with Crippen LogP contribution < -0.4 is 5.73 Å². The smallest absolute Gasteiger partial charge is 0.126 e. The second-order valence-corrected chi connectivity index (χ2v) is 4.58. The Bertz CT molecular complexity index is 537. The van der Waals surface area contributed by atoms with Gasteiger partial charge in [0.1, 0.15) is 11.6 Å². The minimum absolute atomic E-state index is 0.343. The van der Waals surface area contributed by atoms with Crippen molar-refractivity contribution in [3.8, 4) is 0 Å². The van der Waals surface area contributed by atoms with Gasteiger partial charge in [-0.25, -0.2) is 8.78 Å². The lowest BCUT2D eigenvalue weighted by Gasteiger charge is -2.12. The quantitative estimate of drug-likeness (QED) is 0.898. The maximum atomic E-state index is 13.0. The molecule has 0 saturated heterocycles. The molecule has 2 rings (SSSR count). The number of benzene rings is 2. The molecule has 0 saturated carbocycles. The summed E-state index contributed by atoms with van der Waals surface area (Å²) in [6.45, 7) is 0. The van der Waals surface area contributed by atoms with Crippen LogP contribution in [0.1, 0.15) is 17.2 Å². The van der Waals surface area contributed by atoms with Crippen LogP contribution >= 0.6 is 11.6 Å². The molecule has 0 aliphatic rings. The zero-order chi connectivity index (χ0) is 13.1. The molecule has 0 amide bonds. The zero-order valence-electron chi connectivity index (χ0n) is 9.54. The Morgan fingerprint density at radius 2 is 1.72 bits per heavy atom. The van der Waals surface area contributed by atoms with E-state index in [0.717, 1.165) is 11.6 Å². The monoisotopic (exact) mass is 267 g/mol. The zero-order valence-corrected chi connectivity index (χ0v) is 10.3. The molecule has 0 heterocycles. The van der Waals surface area contributed by atoms with Crippen LogP contribution in [-0.2, 0) is 6.42 Å². The van der Waals surface area contributed by atoms with Crippen LogP contribution in [0.3, 0.4) is 0 Å². The van der Waals surface area contributed by atoms with Crippen molar-refractivity contribution in [3.05, 3.63) is 70.2 Å². The van der Waals surface area contributed by atoms with Crippen molar-refractivity contribution < 1.29 is 8.78 Å². The first-order chi connectivity index (χ1) is 8.54. The van der Waals surface area contributed by atoms with Gasteiger partial charge < -0.3 is 5.73 Å². The first-order valence-corrected chi connectivity index (χ1v) is 5.88. The van der Waals surface area contributed by atoms with E-state index in [4.69, 9.17) is 17.3 Å². The predicted molar refractivity (Wildman–Crippen MR) is 68.4 cm³/mol. The SMILES string of the molecule is NC(Cc1cc(F)cc(F)c1)c1cccc(Cl)c1. The van der Waals surface area contributed by atoms with Gasteiger partial charge in [0.2, 0.25) is 0 Å². The van der Waals surface area contributed by atoms with Gasteiger partial charge >= 0.3 is 0 Å². The highest BCUT2D eigenvalue weighted by atomic mass is 35.5. The van der Waals surface area contributed by atoms with Crippen molar-refractivity contribution in [2.75, 3.05) is 0 Å². The molecule has 0 fully saturated rings. The van der Waals surface area contributed by atoms with E-state index >= 15 is 0 Å². The topological polar surface area (TPSA) is 26.0 Å². The molecule has 94 valence electrons. The van der Waals surface area contributed by atoms with Crippen LogP contribution in [0, 0.1) is 11.6 Å². The molecule has 0 bridgehead atoms. The lowest BCUT2D eigenvalue weighted by Crippen LogP contribution is -2.13. The maximum Gasteiger partial charge on any atom is 0.126 e. The third kappa shape index (κ3) is 3.28. The van der Waals surface area contributed by atoms with E-state index in [2.05, 4.69) is 0 Å². The van der Waals surface area contributed by atoms with Gasteiger partial charge in [0.25, 0.3) is 0 Å². The average Bonchev–Trinajstić information content (AvgIpc) is 2.27. The molecule has 1 atom stereocenters. The van der Waals surface area contributed by atoms with Gasteiger partial charge in [0.15, 0.2) is 0 Å². The van der Waals surface area contributed by atoms with E-state index in [1.807, 2.05) is 6.07 Å². The van der Waals surface area contributed by atoms with Gasteiger partial charge in [-0.05, 0) is 41.8 Å². The van der Waals surface area contributed by atoms with E-state index in [9.17, 15) is 8.78 Å². The van der Waals surface area contributed by atoms with Gasteiger partial charge in [-0.2, -0.15) is 0 Å². The molecule has 2 N–H and O–H groups in total. The van der Waals surface area contributed by atoms with Crippen LogP contribution in [0.5, 0.6) is 0 Å². The standard InChI is InChI=1S/C14H12ClF2N/c15-11-3-1-2-10(7-11)14(18)6-9-4-12(16)8-13(17)5-9/h1-5,7-8,14H,6,18H2. The third-order valence-electron chi connectivity index (χ3n) is 2.65. The van der Waals surface area contributed by atoms with Crippen LogP contribution in [0.25, 0.3) is 0 Å². The Kier molecular flexibility index (Phi) is 3.94. The Morgan fingerprint density at radius 1 is 1.06 bits per heavy atom. The first kappa shape index (κ1) is 13.0. The molecular formula is C14H12ClF2N. The van der Waals surface area contributed by atoms with Crippen LogP contribution in [0.2, 0.25) is 5.02 Å². The summed E-state index contributed by atoms with van der Waals surface area (Å²) in [5, 5.41) is 0.591. The normalized spacial score (nSPS) is 12.4. The molecule has 0 aliphatic carbocycles. The molecule has 18 heavy (non-hydrogen) atoms. The molecule has 0 spiro atoms. The summed E-state index contributed by atoms with van der Waals surface area (Å²) in [4.78, 5) is 0. The van der Waals surface area contributed by atoms with Crippen LogP contribution in [-0.4, -0.2) is 0 Å². The molecule has 2 aromatic carbocycles. The first-order valence-electron chi connectivity index (χ1n) is 5.50. The maximum absolute atomic E-state index is 13.0. The molecule has 2 aromatic rings. The van der Waals surface area contributed by atoms with Gasteiger partial charge in [-0.1, -0.05) is 23.7 Å². The van der Waals surface area contributed by atoms with E-state index in [1.165, 1.54) is 12.1 Å². The number of hydrogen-bond donors (Lipinski definition) is 1. The Labute approximate surface area is 109 Å². The van der Waals surface area contributed by atoms with Gasteiger partial charge in [-0.3, -0.25) is 0 Å². The lowest BCUT2D eigenvalue weighted by atomic mass is 9.99. The van der Waals surface area contributed by atoms with E-state index < -0.39 is 11.6 Å². The molecule has 1 unspecified atom stereocenters. The van der Waals surface area contributed by atoms with E-state index in [-0.39, 0.29) is 6.04 Å². The molecule has 0 radical (unpaired) electrons. The fourth-order valence-electron chi connectivity index (χ4n) is 1.84. The van der Waals surface area contributed by atoms with Gasteiger partial charge in [-0.15, -0.1) is 0 Å². The highest BCUT2D eigenvalue weighted by molar-refractivity contribution is 6.30. The van der Waals surface area contributed by atoms with Gasteiger partial charge in [0.05, 0.1) is 0 Å². The Hall–Kier alpha value is -1.45. The summed E-state index contributed by atoms with van der Waals surface area (Å²) >= 11 is 5.87. The summed E-state index contributed by atoms with van der Waals surface area (Å²) in [7, 11) is 0. The summed E-state index contributed by atoms with van der Waals surface area (Å²) < 4.78 is 26.1. The fourth-order valence-corrected chi connectivity index (χ4v) is 2.04. The Balaban J connectivity index is 2.18. The molecular weight excluding hydrogens is 256 g/mol. The van der Waals surface area contributed by atoms with E-state index in [1.54, 1.807) is 18.2 Å². The summed E-state index contributed by atoms with van der Waals surface area (Å²) in [6.07, 6.45) is 0.356. The summed E-state index contributed by atoms with van der Waals surface area (Å²) in [5.41, 5.74) is 7.36. The Morgan fingerprint density at radius 3 is 2.33 bits per heavy atom. The minimum atomic E-state index is -0.594. The number of halogens is 3. The van der Waals surface area contributed by atoms with Crippen LogP contribution in [0.4, 0.5) is 8.78 Å². The van der Waals surface area contributed by atoms with Gasteiger partial charge in [0, 0.05) is 17.1 Å². The molecule has 0 aliphatic heterocycles. The molecule has 1 nitrogen and oxygen atoms in total. The highest BCUT2D eigenvalue weighted by Crippen LogP contribution is 2.20. The second-order valence-electron chi connectivity index (χ2n) is 4.14. The number of nitrogens with two attached hydrogens (primary N) is 1. The van der Waals surface area contributed by atoms with Crippen molar-refractivity contribution in [1.29, 1.82) is 0 Å². The van der Waals surface area contributed by atoms with Crippen molar-refractivity contribution in [1.82, 2.24) is 0 Å². The second kappa shape index (κ2) is 5.46. The predicted octanol–water partition coefficient (Wildman–Crippen LogP) is 3.86. The minimum Gasteiger partial charge on any atom is -0.324 e. The van der Waals surface area contributed by atoms with Crippen LogP contribution in [0.15, 0.2) is 42.5 Å². The fraction of sp³-hybridized carbons (Fsp3) is 0.143. The highest BCUT2D eigenvalue weighted by Gasteiger charge is 2.09. The van der Waals surface area contributed by atoms with Crippen molar-refractivity contribution >= 4 is 11.6 Å². The summed E-state index contributed by atoms with van der Waals surface area (Å²) in [6, 6.07) is 10.2. The largest absolute Gasteiger partial charge is 0.324 e. The average molecular weight is 268 g/mol. The lowest BCUT2D eigenvalue weighted by molar-refractivity contribution is 0.576. The number of rotatable bonds is 3. The van der Waals surface area contributed by atoms with Crippen molar-refractivity contribution in [2.24, 2.45) is 5.73 Å². The van der Waals surface area contributed by atoms with E-state index in [0.29, 0.717) is 17.0 Å². The molecule has 4 heteroatoms. The third-order valence-corrected chi connectivity index (χ3v) is 2.89. The van der Waals surface area contributed by atoms with Crippen molar-refractivity contribution in [3.63, 3.8) is 0 Å². The van der Waals surface area contributed by atoms with Crippen molar-refractivity contribution in [2.45, 2.75) is 12.5 Å². The molecule has 0 aromatic heterocycles. The summed E-state index contributed by atoms with van der Waals surface area (Å²) in [5.74, 6) is -1.19. The number of hydrogen-bond acceptors (Lipinski definition) is 1.